The first kappa shape index (κ1) is 22.1. The summed E-state index contributed by atoms with van der Waals surface area (Å²) in [6.07, 6.45) is 7.17. The monoisotopic (exact) mass is 467 g/mol. The lowest BCUT2D eigenvalue weighted by atomic mass is 10.1. The molecule has 0 atom stereocenters. The van der Waals surface area contributed by atoms with Gasteiger partial charge in [0.1, 0.15) is 11.5 Å². The molecule has 2 N–H and O–H groups in total. The molecule has 0 unspecified atom stereocenters. The Labute approximate surface area is 202 Å². The first-order valence-corrected chi connectivity index (χ1v) is 11.0. The minimum absolute atomic E-state index is 0.475. The number of pyridine rings is 1. The number of ether oxygens (including phenoxy) is 2. The third kappa shape index (κ3) is 4.70. The number of methoxy groups -OCH3 is 2. The van der Waals surface area contributed by atoms with Crippen molar-refractivity contribution in [1.29, 1.82) is 0 Å². The molecule has 0 aliphatic carbocycles. The fourth-order valence-corrected chi connectivity index (χ4v) is 3.89. The molecule has 0 fully saturated rings. The predicted molar refractivity (Wildman–Crippen MR) is 136 cm³/mol. The molecule has 3 heterocycles. The zero-order chi connectivity index (χ0) is 24.4. The van der Waals surface area contributed by atoms with Gasteiger partial charge in [0, 0.05) is 60.3 Å². The Bertz CT molecular complexity index is 1480. The minimum atomic E-state index is 0.475. The molecular formula is C26H25N7O2. The van der Waals surface area contributed by atoms with Crippen molar-refractivity contribution < 1.29 is 9.47 Å². The van der Waals surface area contributed by atoms with Crippen molar-refractivity contribution in [3.8, 4) is 22.8 Å². The highest BCUT2D eigenvalue weighted by Gasteiger charge is 2.16. The average molecular weight is 468 g/mol. The lowest BCUT2D eigenvalue weighted by Crippen LogP contribution is -2.17. The molecule has 176 valence electrons. The van der Waals surface area contributed by atoms with Crippen LogP contribution in [-0.2, 0) is 13.6 Å². The van der Waals surface area contributed by atoms with E-state index in [4.69, 9.17) is 20.2 Å². The van der Waals surface area contributed by atoms with E-state index in [9.17, 15) is 0 Å². The molecule has 2 aromatic carbocycles. The van der Waals surface area contributed by atoms with Crippen LogP contribution in [0.25, 0.3) is 22.3 Å². The smallest absolute Gasteiger partial charge is 0.124 e. The van der Waals surface area contributed by atoms with Crippen LogP contribution in [0.15, 0.2) is 73.3 Å². The summed E-state index contributed by atoms with van der Waals surface area (Å²) in [5.41, 5.74) is 12.5. The highest BCUT2D eigenvalue weighted by Crippen LogP contribution is 2.35. The summed E-state index contributed by atoms with van der Waals surface area (Å²) in [4.78, 5) is 16.1. The van der Waals surface area contributed by atoms with Crippen LogP contribution in [0, 0.1) is 0 Å². The molecule has 9 nitrogen and oxygen atoms in total. The Balaban J connectivity index is 1.62. The van der Waals surface area contributed by atoms with Gasteiger partial charge < -0.3 is 20.1 Å². The molecule has 0 bridgehead atoms. The fourth-order valence-electron chi connectivity index (χ4n) is 3.89. The molecule has 35 heavy (non-hydrogen) atoms. The van der Waals surface area contributed by atoms with Crippen LogP contribution in [0.1, 0.15) is 5.69 Å². The Morgan fingerprint density at radius 1 is 0.886 bits per heavy atom. The van der Waals surface area contributed by atoms with E-state index in [1.165, 1.54) is 0 Å². The van der Waals surface area contributed by atoms with E-state index in [1.54, 1.807) is 43.6 Å². The number of nitrogens with zero attached hydrogens (tertiary/aromatic N) is 6. The molecule has 3 aromatic heterocycles. The normalized spacial score (nSPS) is 10.9. The third-order valence-corrected chi connectivity index (χ3v) is 5.65. The highest BCUT2D eigenvalue weighted by molar-refractivity contribution is 5.82. The van der Waals surface area contributed by atoms with Crippen LogP contribution in [-0.4, -0.2) is 39.0 Å². The van der Waals surface area contributed by atoms with Crippen molar-refractivity contribution >= 4 is 28.1 Å². The van der Waals surface area contributed by atoms with Crippen molar-refractivity contribution in [3.05, 3.63) is 79.0 Å². The van der Waals surface area contributed by atoms with Crippen LogP contribution in [0.4, 0.5) is 17.1 Å². The summed E-state index contributed by atoms with van der Waals surface area (Å²) >= 11 is 0. The summed E-state index contributed by atoms with van der Waals surface area (Å²) in [6.45, 7) is 0.475. The van der Waals surface area contributed by atoms with Crippen molar-refractivity contribution in [2.45, 2.75) is 6.54 Å². The number of benzene rings is 2. The van der Waals surface area contributed by atoms with Gasteiger partial charge >= 0.3 is 0 Å². The summed E-state index contributed by atoms with van der Waals surface area (Å²) in [6, 6.07) is 15.4. The van der Waals surface area contributed by atoms with Crippen molar-refractivity contribution in [3.63, 3.8) is 0 Å². The van der Waals surface area contributed by atoms with E-state index >= 15 is 0 Å². The van der Waals surface area contributed by atoms with Gasteiger partial charge in [-0.15, -0.1) is 0 Å². The highest BCUT2D eigenvalue weighted by atomic mass is 16.5. The van der Waals surface area contributed by atoms with Gasteiger partial charge in [-0.1, -0.05) is 0 Å². The van der Waals surface area contributed by atoms with E-state index in [0.717, 1.165) is 39.4 Å². The van der Waals surface area contributed by atoms with Crippen LogP contribution >= 0.6 is 0 Å². The van der Waals surface area contributed by atoms with Gasteiger partial charge in [0.25, 0.3) is 0 Å². The first-order chi connectivity index (χ1) is 17.0. The lowest BCUT2D eigenvalue weighted by molar-refractivity contribution is 0.394. The quantitative estimate of drug-likeness (QED) is 0.376. The Morgan fingerprint density at radius 2 is 1.69 bits per heavy atom. The maximum atomic E-state index is 6.03. The summed E-state index contributed by atoms with van der Waals surface area (Å²) < 4.78 is 12.8. The minimum Gasteiger partial charge on any atom is -0.497 e. The van der Waals surface area contributed by atoms with Crippen LogP contribution in [0.3, 0.4) is 0 Å². The molecule has 0 aliphatic heterocycles. The molecule has 0 amide bonds. The SMILES string of the molecule is COc1cc(OC)cc(N(Cc2cc(N)ccn2)c2ccc3ncc(-c4cnn(C)c4)nc3c2)c1. The molecule has 0 spiro atoms. The van der Waals surface area contributed by atoms with Gasteiger partial charge in [-0.25, -0.2) is 4.98 Å². The topological polar surface area (TPSA) is 104 Å². The third-order valence-electron chi connectivity index (χ3n) is 5.65. The number of hydrogen-bond donors (Lipinski definition) is 1. The Hall–Kier alpha value is -4.66. The standard InChI is InChI=1S/C26H25N7O2/c1-32-15-17(13-30-32)26-14-29-24-5-4-20(11-25(24)31-26)33(16-19-8-18(27)6-7-28-19)21-9-22(34-2)12-23(10-21)35-3/h4-15H,16H2,1-3H3,(H2,27,28). The van der Waals surface area contributed by atoms with Crippen molar-refractivity contribution in [2.24, 2.45) is 7.05 Å². The second-order valence-corrected chi connectivity index (χ2v) is 8.07. The Morgan fingerprint density at radius 3 is 2.37 bits per heavy atom. The first-order valence-electron chi connectivity index (χ1n) is 11.0. The van der Waals surface area contributed by atoms with Gasteiger partial charge in [0.15, 0.2) is 0 Å². The number of nitrogen functional groups attached to an aromatic ring is 1. The van der Waals surface area contributed by atoms with Gasteiger partial charge in [0.2, 0.25) is 0 Å². The maximum absolute atomic E-state index is 6.03. The van der Waals surface area contributed by atoms with Crippen LogP contribution in [0.2, 0.25) is 0 Å². The van der Waals surface area contributed by atoms with Crippen molar-refractivity contribution in [1.82, 2.24) is 24.7 Å². The summed E-state index contributed by atoms with van der Waals surface area (Å²) in [5.74, 6) is 1.37. The molecular weight excluding hydrogens is 442 g/mol. The van der Waals surface area contributed by atoms with E-state index in [-0.39, 0.29) is 0 Å². The van der Waals surface area contributed by atoms with Crippen molar-refractivity contribution in [2.75, 3.05) is 24.9 Å². The number of fused-ring (bicyclic) bond motifs is 1. The number of rotatable bonds is 7. The largest absolute Gasteiger partial charge is 0.497 e. The second-order valence-electron chi connectivity index (χ2n) is 8.07. The zero-order valence-electron chi connectivity index (χ0n) is 19.7. The molecule has 0 saturated heterocycles. The number of nitrogens with two attached hydrogens (primary N) is 1. The summed E-state index contributed by atoms with van der Waals surface area (Å²) in [5, 5.41) is 4.24. The molecule has 0 saturated carbocycles. The molecule has 0 radical (unpaired) electrons. The van der Waals surface area contributed by atoms with Gasteiger partial charge in [-0.3, -0.25) is 14.6 Å². The molecule has 0 aliphatic rings. The van der Waals surface area contributed by atoms with Gasteiger partial charge in [-0.2, -0.15) is 5.10 Å². The van der Waals surface area contributed by atoms with Crippen LogP contribution in [0.5, 0.6) is 11.5 Å². The van der Waals surface area contributed by atoms with Gasteiger partial charge in [-0.05, 0) is 30.3 Å². The van der Waals surface area contributed by atoms with E-state index in [0.29, 0.717) is 23.7 Å². The number of hydrogen-bond acceptors (Lipinski definition) is 8. The zero-order valence-corrected chi connectivity index (χ0v) is 19.7. The Kier molecular flexibility index (Phi) is 5.88. The molecule has 5 aromatic rings. The number of aromatic nitrogens is 5. The molecule has 9 heteroatoms. The number of anilines is 3. The lowest BCUT2D eigenvalue weighted by Gasteiger charge is -2.26. The predicted octanol–water partition coefficient (Wildman–Crippen LogP) is 4.36. The number of aryl methyl sites for hydroxylation is 1. The average Bonchev–Trinajstić information content (AvgIpc) is 3.32. The van der Waals surface area contributed by atoms with E-state index in [1.807, 2.05) is 55.7 Å². The maximum Gasteiger partial charge on any atom is 0.124 e. The second kappa shape index (κ2) is 9.30. The van der Waals surface area contributed by atoms with Crippen LogP contribution < -0.4 is 20.1 Å². The van der Waals surface area contributed by atoms with E-state index < -0.39 is 0 Å². The fraction of sp³-hybridized carbons (Fsp3) is 0.154. The summed E-state index contributed by atoms with van der Waals surface area (Å²) in [7, 11) is 5.14. The molecule has 5 rings (SSSR count). The van der Waals surface area contributed by atoms with E-state index in [2.05, 4.69) is 20.0 Å². The van der Waals surface area contributed by atoms with Gasteiger partial charge in [0.05, 0.1) is 55.6 Å².